The number of rotatable bonds is 13. The Bertz CT molecular complexity index is 838. The van der Waals surface area contributed by atoms with Gasteiger partial charge in [-0.05, 0) is 77.0 Å². The number of unbranched alkanes of at least 4 members (excludes halogenated alkanes) is 1. The maximum Gasteiger partial charge on any atom is 0.408 e. The molecule has 2 unspecified atom stereocenters. The number of carbonyl (C=O) groups is 3. The summed E-state index contributed by atoms with van der Waals surface area (Å²) in [6, 6.07) is 4.36. The number of hydrogen-bond donors (Lipinski definition) is 2. The zero-order chi connectivity index (χ0) is 26.6. The predicted octanol–water partition coefficient (Wildman–Crippen LogP) is 5.15. The first-order valence-corrected chi connectivity index (χ1v) is 14.0. The Kier molecular flexibility index (Phi) is 13.2. The molecule has 0 aliphatic carbocycles. The van der Waals surface area contributed by atoms with Crippen LogP contribution in [0, 0.1) is 13.8 Å². The minimum atomic E-state index is -0.791. The summed E-state index contributed by atoms with van der Waals surface area (Å²) in [5, 5.41) is 5.79. The summed E-state index contributed by atoms with van der Waals surface area (Å²) in [5.41, 5.74) is 2.16. The molecule has 0 spiro atoms. The van der Waals surface area contributed by atoms with Crippen LogP contribution >= 0.6 is 11.8 Å². The first-order chi connectivity index (χ1) is 16.4. The Morgan fingerprint density at radius 3 is 2.34 bits per heavy atom. The first-order valence-electron chi connectivity index (χ1n) is 12.6. The van der Waals surface area contributed by atoms with E-state index in [1.807, 2.05) is 45.2 Å². The normalized spacial score (nSPS) is 13.0. The van der Waals surface area contributed by atoms with Crippen molar-refractivity contribution >= 4 is 29.7 Å². The summed E-state index contributed by atoms with van der Waals surface area (Å²) >= 11 is 1.60. The van der Waals surface area contributed by atoms with Crippen LogP contribution in [0.25, 0.3) is 0 Å². The number of hydrogen-bond acceptors (Lipinski definition) is 5. The second-order valence-corrected chi connectivity index (χ2v) is 10.9. The quantitative estimate of drug-likeness (QED) is 0.361. The molecule has 0 aliphatic heterocycles. The van der Waals surface area contributed by atoms with E-state index >= 15 is 0 Å². The SMILES string of the molecule is CCCCNC(=O)C(c1ccc(C)cc1C)N(CCC)C(=O)C(CCSC)NC(=O)OC(C)(C)C. The molecule has 0 bridgehead atoms. The predicted molar refractivity (Wildman–Crippen MR) is 145 cm³/mol. The number of nitrogens with zero attached hydrogens (tertiary/aromatic N) is 1. The molecule has 2 atom stereocenters. The molecule has 0 aliphatic rings. The van der Waals surface area contributed by atoms with Crippen LogP contribution in [0.2, 0.25) is 0 Å². The molecule has 0 fully saturated rings. The van der Waals surface area contributed by atoms with Crippen LogP contribution < -0.4 is 10.6 Å². The topological polar surface area (TPSA) is 87.7 Å². The van der Waals surface area contributed by atoms with E-state index in [1.54, 1.807) is 37.4 Å². The molecule has 1 aromatic rings. The van der Waals surface area contributed by atoms with E-state index in [-0.39, 0.29) is 11.8 Å². The van der Waals surface area contributed by atoms with Crippen LogP contribution in [-0.2, 0) is 14.3 Å². The number of amides is 3. The minimum absolute atomic E-state index is 0.201. The highest BCUT2D eigenvalue weighted by atomic mass is 32.2. The third-order valence-electron chi connectivity index (χ3n) is 5.46. The smallest absolute Gasteiger partial charge is 0.408 e. The minimum Gasteiger partial charge on any atom is -0.444 e. The number of benzene rings is 1. The number of ether oxygens (including phenoxy) is 1. The average Bonchev–Trinajstić information content (AvgIpc) is 2.76. The van der Waals surface area contributed by atoms with Crippen LogP contribution in [0.4, 0.5) is 4.79 Å². The van der Waals surface area contributed by atoms with Crippen molar-refractivity contribution in [2.45, 2.75) is 91.8 Å². The summed E-state index contributed by atoms with van der Waals surface area (Å²) in [6.07, 6.45) is 4.27. The van der Waals surface area contributed by atoms with Gasteiger partial charge >= 0.3 is 6.09 Å². The Balaban J connectivity index is 3.41. The van der Waals surface area contributed by atoms with Crippen molar-refractivity contribution in [2.75, 3.05) is 25.1 Å². The molecule has 7 nitrogen and oxygen atoms in total. The van der Waals surface area contributed by atoms with Crippen LogP contribution in [0.3, 0.4) is 0 Å². The van der Waals surface area contributed by atoms with E-state index in [2.05, 4.69) is 17.6 Å². The lowest BCUT2D eigenvalue weighted by Gasteiger charge is -2.35. The second-order valence-electron chi connectivity index (χ2n) is 9.92. The number of aryl methyl sites for hydroxylation is 2. The van der Waals surface area contributed by atoms with Gasteiger partial charge in [0, 0.05) is 13.1 Å². The molecule has 0 saturated heterocycles. The van der Waals surface area contributed by atoms with Gasteiger partial charge in [-0.2, -0.15) is 11.8 Å². The van der Waals surface area contributed by atoms with Crippen molar-refractivity contribution in [2.24, 2.45) is 0 Å². The summed E-state index contributed by atoms with van der Waals surface area (Å²) in [5.74, 6) is 0.207. The van der Waals surface area contributed by atoms with Crippen LogP contribution in [-0.4, -0.2) is 59.5 Å². The molecule has 0 radical (unpaired) electrons. The Morgan fingerprint density at radius 1 is 1.11 bits per heavy atom. The van der Waals surface area contributed by atoms with E-state index in [1.165, 1.54) is 0 Å². The summed E-state index contributed by atoms with van der Waals surface area (Å²) in [6.45, 7) is 14.3. The van der Waals surface area contributed by atoms with Gasteiger partial charge in [0.05, 0.1) is 0 Å². The zero-order valence-corrected chi connectivity index (χ0v) is 23.6. The molecule has 0 heterocycles. The lowest BCUT2D eigenvalue weighted by molar-refractivity contribution is -0.142. The van der Waals surface area contributed by atoms with Gasteiger partial charge in [-0.1, -0.05) is 44.0 Å². The Hall–Kier alpha value is -2.22. The molecule has 2 N–H and O–H groups in total. The van der Waals surface area contributed by atoms with Crippen molar-refractivity contribution in [3.8, 4) is 0 Å². The number of alkyl carbamates (subject to hydrolysis) is 1. The van der Waals surface area contributed by atoms with Crippen molar-refractivity contribution < 1.29 is 19.1 Å². The first kappa shape index (κ1) is 30.8. The van der Waals surface area contributed by atoms with Crippen LogP contribution in [0.15, 0.2) is 18.2 Å². The Morgan fingerprint density at radius 2 is 1.80 bits per heavy atom. The van der Waals surface area contributed by atoms with Gasteiger partial charge in [-0.15, -0.1) is 0 Å². The maximum atomic E-state index is 13.9. The van der Waals surface area contributed by atoms with Gasteiger partial charge < -0.3 is 20.3 Å². The van der Waals surface area contributed by atoms with E-state index in [0.29, 0.717) is 31.7 Å². The molecule has 1 aromatic carbocycles. The van der Waals surface area contributed by atoms with Crippen molar-refractivity contribution in [1.82, 2.24) is 15.5 Å². The van der Waals surface area contributed by atoms with E-state index < -0.39 is 23.8 Å². The highest BCUT2D eigenvalue weighted by molar-refractivity contribution is 7.98. The largest absolute Gasteiger partial charge is 0.444 e. The maximum absolute atomic E-state index is 13.9. The molecule has 0 aromatic heterocycles. The molecule has 3 amide bonds. The fourth-order valence-electron chi connectivity index (χ4n) is 3.82. The second kappa shape index (κ2) is 15.0. The van der Waals surface area contributed by atoms with Gasteiger partial charge in [0.15, 0.2) is 0 Å². The molecule has 198 valence electrons. The fourth-order valence-corrected chi connectivity index (χ4v) is 4.29. The standard InChI is InChI=1S/C27H45N3O4S/c1-9-11-15-28-24(31)23(21-13-12-19(3)18-20(21)4)30(16-10-2)25(32)22(14-17-35-8)29-26(33)34-27(5,6)7/h12-13,18,22-23H,9-11,14-17H2,1-8H3,(H,28,31)(H,29,33). The summed E-state index contributed by atoms with van der Waals surface area (Å²) in [7, 11) is 0. The highest BCUT2D eigenvalue weighted by Gasteiger charge is 2.36. The van der Waals surface area contributed by atoms with Crippen molar-refractivity contribution in [3.63, 3.8) is 0 Å². The number of nitrogens with one attached hydrogen (secondary N) is 2. The molecule has 1 rings (SSSR count). The lowest BCUT2D eigenvalue weighted by atomic mass is 9.96. The number of thioether (sulfide) groups is 1. The van der Waals surface area contributed by atoms with Gasteiger partial charge in [0.25, 0.3) is 0 Å². The molecular formula is C27H45N3O4S. The van der Waals surface area contributed by atoms with E-state index in [9.17, 15) is 14.4 Å². The fraction of sp³-hybridized carbons (Fsp3) is 0.667. The number of carbonyl (C=O) groups excluding carboxylic acids is 3. The molecular weight excluding hydrogens is 462 g/mol. The Labute approximate surface area is 216 Å². The average molecular weight is 508 g/mol. The van der Waals surface area contributed by atoms with Crippen LogP contribution in [0.5, 0.6) is 0 Å². The summed E-state index contributed by atoms with van der Waals surface area (Å²) in [4.78, 5) is 41.6. The lowest BCUT2D eigenvalue weighted by Crippen LogP contribution is -2.53. The highest BCUT2D eigenvalue weighted by Crippen LogP contribution is 2.27. The van der Waals surface area contributed by atoms with Crippen molar-refractivity contribution in [1.29, 1.82) is 0 Å². The van der Waals surface area contributed by atoms with Crippen LogP contribution in [0.1, 0.15) is 83.0 Å². The van der Waals surface area contributed by atoms with E-state index in [4.69, 9.17) is 4.74 Å². The third-order valence-corrected chi connectivity index (χ3v) is 6.10. The van der Waals surface area contributed by atoms with Crippen molar-refractivity contribution in [3.05, 3.63) is 34.9 Å². The summed E-state index contributed by atoms with van der Waals surface area (Å²) < 4.78 is 5.42. The molecule has 35 heavy (non-hydrogen) atoms. The van der Waals surface area contributed by atoms with Gasteiger partial charge in [0.1, 0.15) is 17.7 Å². The van der Waals surface area contributed by atoms with Gasteiger partial charge in [0.2, 0.25) is 11.8 Å². The van der Waals surface area contributed by atoms with E-state index in [0.717, 1.165) is 29.5 Å². The molecule has 8 heteroatoms. The van der Waals surface area contributed by atoms with Gasteiger partial charge in [-0.3, -0.25) is 9.59 Å². The van der Waals surface area contributed by atoms with Gasteiger partial charge in [-0.25, -0.2) is 4.79 Å². The molecule has 0 saturated carbocycles. The third kappa shape index (κ3) is 10.5. The zero-order valence-electron chi connectivity index (χ0n) is 22.8. The monoisotopic (exact) mass is 507 g/mol.